The van der Waals surface area contributed by atoms with Crippen molar-refractivity contribution in [2.45, 2.75) is 19.0 Å². The molecule has 0 aliphatic carbocycles. The minimum Gasteiger partial charge on any atom is -0.303 e. The van der Waals surface area contributed by atoms with Crippen LogP contribution in [0.15, 0.2) is 10.2 Å². The lowest BCUT2D eigenvalue weighted by atomic mass is 10.2. The number of carbonyl (C=O) groups excluding carboxylic acids is 1. The molecule has 38 valence electrons. The number of nitrogens with zero attached hydrogens (tertiary/aromatic N) is 2. The second kappa shape index (κ2) is 1.12. The summed E-state index contributed by atoms with van der Waals surface area (Å²) in [6, 6.07) is 0. The fourth-order valence-electron chi connectivity index (χ4n) is 0.325. The van der Waals surface area contributed by atoms with E-state index < -0.39 is 0 Å². The molecule has 0 radical (unpaired) electrons. The van der Waals surface area contributed by atoms with E-state index in [9.17, 15) is 4.79 Å². The third-order valence-electron chi connectivity index (χ3n) is 0.911. The van der Waals surface area contributed by atoms with Crippen LogP contribution >= 0.6 is 0 Å². The zero-order valence-electron chi connectivity index (χ0n) is 4.09. The minimum absolute atomic E-state index is 0.318. The molecule has 3 heteroatoms. The summed E-state index contributed by atoms with van der Waals surface area (Å²) in [5.74, 6) is 0. The van der Waals surface area contributed by atoms with Crippen LogP contribution in [0.4, 0.5) is 0 Å². The first kappa shape index (κ1) is 4.43. The Labute approximate surface area is 41.4 Å². The van der Waals surface area contributed by atoms with Gasteiger partial charge in [-0.2, -0.15) is 10.2 Å². The molecule has 1 aliphatic heterocycles. The van der Waals surface area contributed by atoms with Gasteiger partial charge in [-0.3, -0.25) is 0 Å². The van der Waals surface area contributed by atoms with Crippen LogP contribution in [0.1, 0.15) is 13.3 Å². The van der Waals surface area contributed by atoms with Crippen LogP contribution in [0.25, 0.3) is 0 Å². The van der Waals surface area contributed by atoms with Crippen molar-refractivity contribution in [3.8, 4) is 0 Å². The van der Waals surface area contributed by atoms with E-state index in [1.165, 1.54) is 0 Å². The van der Waals surface area contributed by atoms with Crippen molar-refractivity contribution in [3.63, 3.8) is 0 Å². The van der Waals surface area contributed by atoms with Crippen molar-refractivity contribution >= 4 is 6.29 Å². The van der Waals surface area contributed by atoms with Gasteiger partial charge < -0.3 is 4.79 Å². The Morgan fingerprint density at radius 1 is 1.71 bits per heavy atom. The molecular formula is C4H6N2O. The average Bonchev–Trinajstić information content (AvgIpc) is 2.22. The molecule has 0 unspecified atom stereocenters. The molecule has 0 amide bonds. The SMILES string of the molecule is CC1(CC=O)N=N1. The quantitative estimate of drug-likeness (QED) is 0.470. The van der Waals surface area contributed by atoms with Gasteiger partial charge in [0.25, 0.3) is 0 Å². The lowest BCUT2D eigenvalue weighted by molar-refractivity contribution is -0.108. The topological polar surface area (TPSA) is 41.8 Å². The molecule has 0 spiro atoms. The average molecular weight is 98.1 g/mol. The van der Waals surface area contributed by atoms with Crippen LogP contribution in [0.5, 0.6) is 0 Å². The van der Waals surface area contributed by atoms with E-state index in [4.69, 9.17) is 0 Å². The lowest BCUT2D eigenvalue weighted by Gasteiger charge is -1.89. The summed E-state index contributed by atoms with van der Waals surface area (Å²) >= 11 is 0. The van der Waals surface area contributed by atoms with Gasteiger partial charge in [-0.1, -0.05) is 0 Å². The molecule has 0 saturated carbocycles. The van der Waals surface area contributed by atoms with Crippen molar-refractivity contribution in [3.05, 3.63) is 0 Å². The zero-order chi connectivity index (χ0) is 5.33. The molecule has 1 rings (SSSR count). The number of carbonyl (C=O) groups is 1. The highest BCUT2D eigenvalue weighted by atomic mass is 16.1. The molecule has 0 aromatic heterocycles. The Bertz CT molecular complexity index is 113. The monoisotopic (exact) mass is 98.0 g/mol. The highest BCUT2D eigenvalue weighted by Crippen LogP contribution is 2.28. The summed E-state index contributed by atoms with van der Waals surface area (Å²) in [5.41, 5.74) is -0.318. The van der Waals surface area contributed by atoms with Gasteiger partial charge in [0.2, 0.25) is 0 Å². The summed E-state index contributed by atoms with van der Waals surface area (Å²) in [6.45, 7) is 1.82. The standard InChI is InChI=1S/C4H6N2O/c1-4(2-3-7)5-6-4/h3H,2H2,1H3. The van der Waals surface area contributed by atoms with Gasteiger partial charge >= 0.3 is 0 Å². The Balaban J connectivity index is 2.28. The van der Waals surface area contributed by atoms with Crippen molar-refractivity contribution in [1.82, 2.24) is 0 Å². The third kappa shape index (κ3) is 0.824. The first-order chi connectivity index (χ1) is 3.27. The normalized spacial score (nSPS) is 21.9. The fourth-order valence-corrected chi connectivity index (χ4v) is 0.325. The largest absolute Gasteiger partial charge is 0.303 e. The van der Waals surface area contributed by atoms with Gasteiger partial charge in [0.1, 0.15) is 6.29 Å². The molecule has 1 aliphatic rings. The second-order valence-corrected chi connectivity index (χ2v) is 1.79. The molecule has 1 heterocycles. The van der Waals surface area contributed by atoms with E-state index in [1.54, 1.807) is 0 Å². The Kier molecular flexibility index (Phi) is 0.708. The zero-order valence-corrected chi connectivity index (χ0v) is 4.09. The van der Waals surface area contributed by atoms with Gasteiger partial charge in [-0.25, -0.2) is 0 Å². The molecule has 0 aromatic carbocycles. The predicted octanol–water partition coefficient (Wildman–Crippen LogP) is 0.757. The smallest absolute Gasteiger partial charge is 0.194 e. The van der Waals surface area contributed by atoms with E-state index in [-0.39, 0.29) is 5.66 Å². The number of hydrogen-bond acceptors (Lipinski definition) is 3. The van der Waals surface area contributed by atoms with E-state index in [1.807, 2.05) is 6.92 Å². The van der Waals surface area contributed by atoms with Crippen LogP contribution in [0.3, 0.4) is 0 Å². The lowest BCUT2D eigenvalue weighted by Crippen LogP contribution is -2.02. The van der Waals surface area contributed by atoms with Crippen molar-refractivity contribution in [1.29, 1.82) is 0 Å². The van der Waals surface area contributed by atoms with Crippen LogP contribution in [0, 0.1) is 0 Å². The van der Waals surface area contributed by atoms with E-state index in [0.29, 0.717) is 6.42 Å². The summed E-state index contributed by atoms with van der Waals surface area (Å²) in [5, 5.41) is 7.24. The second-order valence-electron chi connectivity index (χ2n) is 1.79. The van der Waals surface area contributed by atoms with Crippen LogP contribution in [0.2, 0.25) is 0 Å². The van der Waals surface area contributed by atoms with E-state index in [2.05, 4.69) is 10.2 Å². The first-order valence-corrected chi connectivity index (χ1v) is 2.14. The maximum atomic E-state index is 9.74. The molecule has 0 saturated heterocycles. The van der Waals surface area contributed by atoms with E-state index in [0.717, 1.165) is 6.29 Å². The molecule has 0 fully saturated rings. The van der Waals surface area contributed by atoms with Gasteiger partial charge in [-0.05, 0) is 6.92 Å². The van der Waals surface area contributed by atoms with Gasteiger partial charge in [0.15, 0.2) is 5.66 Å². The van der Waals surface area contributed by atoms with Crippen molar-refractivity contribution in [2.24, 2.45) is 10.2 Å². The van der Waals surface area contributed by atoms with Crippen molar-refractivity contribution < 1.29 is 4.79 Å². The Hall–Kier alpha value is -0.730. The molecule has 0 atom stereocenters. The maximum absolute atomic E-state index is 9.74. The summed E-state index contributed by atoms with van der Waals surface area (Å²) < 4.78 is 0. The number of aldehydes is 1. The Morgan fingerprint density at radius 2 is 2.29 bits per heavy atom. The molecule has 0 N–H and O–H groups in total. The summed E-state index contributed by atoms with van der Waals surface area (Å²) in [4.78, 5) is 9.74. The minimum atomic E-state index is -0.318. The fraction of sp³-hybridized carbons (Fsp3) is 0.750. The summed E-state index contributed by atoms with van der Waals surface area (Å²) in [7, 11) is 0. The number of rotatable bonds is 2. The third-order valence-corrected chi connectivity index (χ3v) is 0.911. The van der Waals surface area contributed by atoms with Crippen molar-refractivity contribution in [2.75, 3.05) is 0 Å². The van der Waals surface area contributed by atoms with Gasteiger partial charge in [0, 0.05) is 0 Å². The maximum Gasteiger partial charge on any atom is 0.194 e. The van der Waals surface area contributed by atoms with Crippen LogP contribution in [-0.4, -0.2) is 11.9 Å². The number of hydrogen-bond donors (Lipinski definition) is 0. The Morgan fingerprint density at radius 3 is 2.43 bits per heavy atom. The van der Waals surface area contributed by atoms with E-state index >= 15 is 0 Å². The molecule has 0 bridgehead atoms. The van der Waals surface area contributed by atoms with Crippen LogP contribution < -0.4 is 0 Å². The van der Waals surface area contributed by atoms with Gasteiger partial charge in [0.05, 0.1) is 6.42 Å². The molecule has 0 aromatic rings. The molecule has 3 nitrogen and oxygen atoms in total. The van der Waals surface area contributed by atoms with Crippen LogP contribution in [-0.2, 0) is 4.79 Å². The highest BCUT2D eigenvalue weighted by Gasteiger charge is 2.32. The molecule has 7 heavy (non-hydrogen) atoms. The highest BCUT2D eigenvalue weighted by molar-refractivity contribution is 5.52. The first-order valence-electron chi connectivity index (χ1n) is 2.14. The summed E-state index contributed by atoms with van der Waals surface area (Å²) in [6.07, 6.45) is 1.27. The van der Waals surface area contributed by atoms with Gasteiger partial charge in [-0.15, -0.1) is 0 Å². The predicted molar refractivity (Wildman–Crippen MR) is 23.9 cm³/mol. The molecular weight excluding hydrogens is 92.1 g/mol.